The number of hydrogen-bond acceptors (Lipinski definition) is 4. The van der Waals surface area contributed by atoms with Crippen molar-refractivity contribution < 1.29 is 0 Å². The average Bonchev–Trinajstić information content (AvgIpc) is 2.66. The van der Waals surface area contributed by atoms with E-state index in [4.69, 9.17) is 17.3 Å². The van der Waals surface area contributed by atoms with Gasteiger partial charge in [-0.05, 0) is 48.7 Å². The summed E-state index contributed by atoms with van der Waals surface area (Å²) in [5.41, 5.74) is 6.82. The molecule has 0 amide bonds. The summed E-state index contributed by atoms with van der Waals surface area (Å²) in [6.45, 7) is 0.127. The van der Waals surface area contributed by atoms with Crippen molar-refractivity contribution in [3.05, 3.63) is 86.1 Å². The molecule has 27 heavy (non-hydrogen) atoms. The molecule has 0 spiro atoms. The Morgan fingerprint density at radius 3 is 2.78 bits per heavy atom. The van der Waals surface area contributed by atoms with E-state index in [-0.39, 0.29) is 18.0 Å². The van der Waals surface area contributed by atoms with Crippen molar-refractivity contribution >= 4 is 34.1 Å². The van der Waals surface area contributed by atoms with Gasteiger partial charge in [-0.15, -0.1) is 0 Å². The van der Waals surface area contributed by atoms with E-state index in [0.29, 0.717) is 16.8 Å². The second-order valence-electron chi connectivity index (χ2n) is 6.37. The van der Waals surface area contributed by atoms with Crippen molar-refractivity contribution in [2.24, 2.45) is 0 Å². The van der Waals surface area contributed by atoms with Crippen molar-refractivity contribution in [3.63, 3.8) is 0 Å². The summed E-state index contributed by atoms with van der Waals surface area (Å²) in [6.07, 6.45) is 7.28. The van der Waals surface area contributed by atoms with Crippen LogP contribution in [0.3, 0.4) is 0 Å². The van der Waals surface area contributed by atoms with Gasteiger partial charge in [0.2, 0.25) is 0 Å². The van der Waals surface area contributed by atoms with Crippen molar-refractivity contribution in [2.75, 3.05) is 5.73 Å². The molecule has 2 heterocycles. The minimum Gasteiger partial charge on any atom is -0.384 e. The molecule has 3 aromatic rings. The van der Waals surface area contributed by atoms with E-state index in [9.17, 15) is 9.59 Å². The number of hydrogen-bond donors (Lipinski definition) is 1. The Morgan fingerprint density at radius 2 is 2.04 bits per heavy atom. The van der Waals surface area contributed by atoms with Crippen LogP contribution < -0.4 is 17.0 Å². The molecular formula is C20H17ClN4O2. The number of aromatic nitrogens is 3. The topological polar surface area (TPSA) is 82.9 Å². The van der Waals surface area contributed by atoms with Crippen LogP contribution >= 0.6 is 11.6 Å². The fraction of sp³-hybridized carbons (Fsp3) is 0.150. The van der Waals surface area contributed by atoms with Gasteiger partial charge in [-0.3, -0.25) is 9.36 Å². The fourth-order valence-electron chi connectivity index (χ4n) is 3.24. The Bertz CT molecular complexity index is 1220. The highest BCUT2D eigenvalue weighted by molar-refractivity contribution is 6.30. The Morgan fingerprint density at radius 1 is 1.19 bits per heavy atom. The zero-order chi connectivity index (χ0) is 19.0. The van der Waals surface area contributed by atoms with Crippen LogP contribution in [0.5, 0.6) is 0 Å². The summed E-state index contributed by atoms with van der Waals surface area (Å²) >= 11 is 6.04. The Hall–Kier alpha value is -3.12. The van der Waals surface area contributed by atoms with E-state index in [2.05, 4.69) is 4.98 Å². The number of pyridine rings is 1. The fourth-order valence-corrected chi connectivity index (χ4v) is 3.45. The summed E-state index contributed by atoms with van der Waals surface area (Å²) in [7, 11) is 0. The van der Waals surface area contributed by atoms with Crippen LogP contribution in [0.4, 0.5) is 5.82 Å². The minimum atomic E-state index is -0.438. The van der Waals surface area contributed by atoms with E-state index < -0.39 is 11.2 Å². The molecule has 0 fully saturated rings. The first-order chi connectivity index (χ1) is 13.0. The molecule has 0 atom stereocenters. The molecule has 0 unspecified atom stereocenters. The predicted molar refractivity (Wildman–Crippen MR) is 108 cm³/mol. The predicted octanol–water partition coefficient (Wildman–Crippen LogP) is 3.03. The number of nitrogens with zero attached hydrogens (tertiary/aromatic N) is 3. The second-order valence-corrected chi connectivity index (χ2v) is 6.81. The third-order valence-electron chi connectivity index (χ3n) is 4.51. The van der Waals surface area contributed by atoms with Gasteiger partial charge in [0.15, 0.2) is 5.65 Å². The lowest BCUT2D eigenvalue weighted by molar-refractivity contribution is 0.680. The molecule has 6 nitrogen and oxygen atoms in total. The van der Waals surface area contributed by atoms with Gasteiger partial charge in [0.1, 0.15) is 5.82 Å². The van der Waals surface area contributed by atoms with E-state index in [1.807, 2.05) is 24.3 Å². The summed E-state index contributed by atoms with van der Waals surface area (Å²) in [4.78, 5) is 30.5. The quantitative estimate of drug-likeness (QED) is 0.757. The van der Waals surface area contributed by atoms with Crippen LogP contribution in [0.2, 0.25) is 5.02 Å². The number of rotatable bonds is 3. The number of allylic oxidation sites excluding steroid dienone is 4. The number of nitrogens with two attached hydrogens (primary N) is 1. The van der Waals surface area contributed by atoms with Crippen molar-refractivity contribution in [1.82, 2.24) is 14.1 Å². The number of halogens is 1. The van der Waals surface area contributed by atoms with Crippen LogP contribution in [-0.4, -0.2) is 14.1 Å². The van der Waals surface area contributed by atoms with Gasteiger partial charge < -0.3 is 5.73 Å². The summed E-state index contributed by atoms with van der Waals surface area (Å²) < 4.78 is 2.70. The van der Waals surface area contributed by atoms with Crippen LogP contribution in [0, 0.1) is 0 Å². The number of fused-ring (bicyclic) bond motifs is 1. The third kappa shape index (κ3) is 3.19. The minimum absolute atomic E-state index is 0.127. The van der Waals surface area contributed by atoms with Gasteiger partial charge in [-0.2, -0.15) is 0 Å². The standard InChI is InChI=1S/C20H17ClN4O2/c21-14-6-4-5-13(11-14)12-24-19(26)16-9-10-17(22)23-18(16)25(20(24)27)15-7-2-1-3-8-15/h1-2,4-7,9-11H,3,8,12H2,(H2,22,23). The lowest BCUT2D eigenvalue weighted by Gasteiger charge is -2.17. The molecular weight excluding hydrogens is 364 g/mol. The number of nitrogen functional groups attached to an aromatic ring is 1. The second kappa shape index (κ2) is 6.89. The first kappa shape index (κ1) is 17.3. The maximum atomic E-state index is 13.3. The van der Waals surface area contributed by atoms with Gasteiger partial charge in [0, 0.05) is 10.7 Å². The van der Waals surface area contributed by atoms with Crippen LogP contribution in [-0.2, 0) is 6.54 Å². The normalized spacial score (nSPS) is 13.7. The molecule has 4 rings (SSSR count). The summed E-state index contributed by atoms with van der Waals surface area (Å²) in [5.74, 6) is 0.259. The maximum Gasteiger partial charge on any atom is 0.337 e. The van der Waals surface area contributed by atoms with Crippen molar-refractivity contribution in [1.29, 1.82) is 0 Å². The molecule has 1 aliphatic carbocycles. The van der Waals surface area contributed by atoms with E-state index in [1.165, 1.54) is 9.13 Å². The number of benzene rings is 1. The number of anilines is 1. The molecule has 2 N–H and O–H groups in total. The molecule has 7 heteroatoms. The molecule has 0 bridgehead atoms. The molecule has 1 aromatic carbocycles. The molecule has 0 aliphatic heterocycles. The first-order valence-corrected chi connectivity index (χ1v) is 8.95. The summed E-state index contributed by atoms with van der Waals surface area (Å²) in [5, 5.41) is 0.900. The maximum absolute atomic E-state index is 13.3. The average molecular weight is 381 g/mol. The smallest absolute Gasteiger partial charge is 0.337 e. The lowest BCUT2D eigenvalue weighted by atomic mass is 10.1. The van der Waals surface area contributed by atoms with E-state index in [1.54, 1.807) is 30.3 Å². The lowest BCUT2D eigenvalue weighted by Crippen LogP contribution is -2.40. The summed E-state index contributed by atoms with van der Waals surface area (Å²) in [6, 6.07) is 10.3. The van der Waals surface area contributed by atoms with Crippen molar-refractivity contribution in [3.8, 4) is 0 Å². The first-order valence-electron chi connectivity index (χ1n) is 8.57. The molecule has 136 valence electrons. The van der Waals surface area contributed by atoms with Crippen LogP contribution in [0.15, 0.2) is 64.2 Å². The highest BCUT2D eigenvalue weighted by Gasteiger charge is 2.18. The Balaban J connectivity index is 2.01. The highest BCUT2D eigenvalue weighted by Crippen LogP contribution is 2.20. The molecule has 0 saturated heterocycles. The van der Waals surface area contributed by atoms with Gasteiger partial charge in [-0.25, -0.2) is 14.3 Å². The molecule has 2 aromatic heterocycles. The van der Waals surface area contributed by atoms with Gasteiger partial charge in [0.25, 0.3) is 5.56 Å². The largest absolute Gasteiger partial charge is 0.384 e. The zero-order valence-electron chi connectivity index (χ0n) is 14.4. The Kier molecular flexibility index (Phi) is 4.41. The molecule has 1 aliphatic rings. The third-order valence-corrected chi connectivity index (χ3v) is 4.75. The van der Waals surface area contributed by atoms with Crippen molar-refractivity contribution in [2.45, 2.75) is 19.4 Å². The van der Waals surface area contributed by atoms with E-state index in [0.717, 1.165) is 17.7 Å². The van der Waals surface area contributed by atoms with Crippen LogP contribution in [0.25, 0.3) is 16.7 Å². The molecule has 0 saturated carbocycles. The SMILES string of the molecule is Nc1ccc2c(=O)n(Cc3cccc(Cl)c3)c(=O)n(C3=CC=CCC3)c2n1. The van der Waals surface area contributed by atoms with Crippen LogP contribution in [0.1, 0.15) is 18.4 Å². The van der Waals surface area contributed by atoms with Gasteiger partial charge >= 0.3 is 5.69 Å². The highest BCUT2D eigenvalue weighted by atomic mass is 35.5. The van der Waals surface area contributed by atoms with Gasteiger partial charge in [-0.1, -0.05) is 35.9 Å². The monoisotopic (exact) mass is 380 g/mol. The van der Waals surface area contributed by atoms with E-state index >= 15 is 0 Å². The molecule has 0 radical (unpaired) electrons. The van der Waals surface area contributed by atoms with Gasteiger partial charge in [0.05, 0.1) is 11.9 Å². The zero-order valence-corrected chi connectivity index (χ0v) is 15.2. The Labute approximate surface area is 159 Å².